The van der Waals surface area contributed by atoms with Gasteiger partial charge in [0.05, 0.1) is 0 Å². The molecule has 1 aromatic rings. The zero-order chi connectivity index (χ0) is 15.2. The lowest BCUT2D eigenvalue weighted by atomic mass is 9.90. The first-order chi connectivity index (χ1) is 9.39. The van der Waals surface area contributed by atoms with E-state index in [1.54, 1.807) is 6.92 Å². The lowest BCUT2D eigenvalue weighted by Crippen LogP contribution is -2.51. The average molecular weight is 277 g/mol. The van der Waals surface area contributed by atoms with E-state index in [1.807, 2.05) is 25.1 Å². The number of carbonyl (C=O) groups is 1. The molecule has 1 rings (SSSR count). The molecule has 0 heterocycles. The summed E-state index contributed by atoms with van der Waals surface area (Å²) in [6, 6.07) is 10.2. The van der Waals surface area contributed by atoms with E-state index in [9.17, 15) is 9.90 Å². The lowest BCUT2D eigenvalue weighted by molar-refractivity contribution is -0.145. The molecule has 0 saturated heterocycles. The molecule has 0 aliphatic heterocycles. The van der Waals surface area contributed by atoms with Gasteiger partial charge in [0.2, 0.25) is 0 Å². The number of carboxylic acid groups (broad SMARTS) is 1. The van der Waals surface area contributed by atoms with Crippen molar-refractivity contribution < 1.29 is 9.90 Å². The molecule has 1 aromatic carbocycles. The second-order valence-electron chi connectivity index (χ2n) is 6.12. The Morgan fingerprint density at radius 1 is 1.30 bits per heavy atom. The van der Waals surface area contributed by atoms with Crippen LogP contribution in [0.2, 0.25) is 0 Å². The van der Waals surface area contributed by atoms with Gasteiger partial charge in [-0.1, -0.05) is 57.5 Å². The summed E-state index contributed by atoms with van der Waals surface area (Å²) in [5.74, 6) is -0.267. The SMILES string of the molecule is CCCC(C)(NC(CC(C)C)c1ccccc1)C(=O)O. The predicted molar refractivity (Wildman–Crippen MR) is 82.7 cm³/mol. The van der Waals surface area contributed by atoms with Crippen molar-refractivity contribution in [2.24, 2.45) is 5.92 Å². The van der Waals surface area contributed by atoms with Crippen LogP contribution in [0.1, 0.15) is 58.6 Å². The first-order valence-electron chi connectivity index (χ1n) is 7.45. The van der Waals surface area contributed by atoms with Crippen LogP contribution in [-0.2, 0) is 4.79 Å². The summed E-state index contributed by atoms with van der Waals surface area (Å²) in [6.07, 6.45) is 2.40. The number of nitrogens with one attached hydrogen (secondary N) is 1. The number of aliphatic carboxylic acids is 1. The maximum absolute atomic E-state index is 11.6. The Kier molecular flexibility index (Phi) is 6.21. The second kappa shape index (κ2) is 7.44. The Hall–Kier alpha value is -1.35. The zero-order valence-electron chi connectivity index (χ0n) is 13.0. The summed E-state index contributed by atoms with van der Waals surface area (Å²) in [5.41, 5.74) is 0.286. The molecule has 3 heteroatoms. The molecule has 0 aromatic heterocycles. The smallest absolute Gasteiger partial charge is 0.323 e. The summed E-state index contributed by atoms with van der Waals surface area (Å²) in [7, 11) is 0. The van der Waals surface area contributed by atoms with Crippen molar-refractivity contribution >= 4 is 5.97 Å². The zero-order valence-corrected chi connectivity index (χ0v) is 13.0. The summed E-state index contributed by atoms with van der Waals surface area (Å²) in [5, 5.41) is 12.9. The van der Waals surface area contributed by atoms with E-state index in [0.29, 0.717) is 12.3 Å². The fraction of sp³-hybridized carbons (Fsp3) is 0.588. The normalized spacial score (nSPS) is 15.8. The van der Waals surface area contributed by atoms with Crippen LogP contribution in [0.4, 0.5) is 0 Å². The van der Waals surface area contributed by atoms with E-state index >= 15 is 0 Å². The molecule has 0 saturated carbocycles. The van der Waals surface area contributed by atoms with Gasteiger partial charge in [0.15, 0.2) is 0 Å². The van der Waals surface area contributed by atoms with Crippen LogP contribution in [0.25, 0.3) is 0 Å². The number of hydrogen-bond acceptors (Lipinski definition) is 2. The average Bonchev–Trinajstić information content (AvgIpc) is 2.38. The molecule has 0 aliphatic carbocycles. The first kappa shape index (κ1) is 16.7. The van der Waals surface area contributed by atoms with Crippen molar-refractivity contribution in [3.05, 3.63) is 35.9 Å². The third-order valence-electron chi connectivity index (χ3n) is 3.62. The van der Waals surface area contributed by atoms with E-state index in [-0.39, 0.29) is 6.04 Å². The van der Waals surface area contributed by atoms with Crippen molar-refractivity contribution in [2.75, 3.05) is 0 Å². The van der Waals surface area contributed by atoms with Crippen LogP contribution in [-0.4, -0.2) is 16.6 Å². The molecular formula is C17H27NO2. The van der Waals surface area contributed by atoms with Crippen LogP contribution in [0.5, 0.6) is 0 Å². The van der Waals surface area contributed by atoms with Gasteiger partial charge in [-0.25, -0.2) is 0 Å². The van der Waals surface area contributed by atoms with E-state index in [2.05, 4.69) is 31.3 Å². The molecular weight excluding hydrogens is 250 g/mol. The van der Waals surface area contributed by atoms with Gasteiger partial charge in [-0.3, -0.25) is 10.1 Å². The van der Waals surface area contributed by atoms with Gasteiger partial charge in [-0.05, 0) is 31.2 Å². The predicted octanol–water partition coefficient (Wildman–Crippen LogP) is 4.01. The summed E-state index contributed by atoms with van der Waals surface area (Å²) in [4.78, 5) is 11.6. The maximum Gasteiger partial charge on any atom is 0.323 e. The highest BCUT2D eigenvalue weighted by Gasteiger charge is 2.34. The standard InChI is InChI=1S/C17H27NO2/c1-5-11-17(4,16(19)20)18-15(12-13(2)3)14-9-7-6-8-10-14/h6-10,13,15,18H,5,11-12H2,1-4H3,(H,19,20). The van der Waals surface area contributed by atoms with Crippen LogP contribution < -0.4 is 5.32 Å². The van der Waals surface area contributed by atoms with Crippen molar-refractivity contribution in [3.8, 4) is 0 Å². The van der Waals surface area contributed by atoms with Gasteiger partial charge >= 0.3 is 5.97 Å². The van der Waals surface area contributed by atoms with Gasteiger partial charge in [-0.15, -0.1) is 0 Å². The maximum atomic E-state index is 11.6. The molecule has 20 heavy (non-hydrogen) atoms. The molecule has 0 fully saturated rings. The largest absolute Gasteiger partial charge is 0.480 e. The molecule has 0 radical (unpaired) electrons. The molecule has 112 valence electrons. The fourth-order valence-corrected chi connectivity index (χ4v) is 2.56. The van der Waals surface area contributed by atoms with Crippen LogP contribution in [0.15, 0.2) is 30.3 Å². The Morgan fingerprint density at radius 3 is 2.35 bits per heavy atom. The minimum atomic E-state index is -0.871. The van der Waals surface area contributed by atoms with E-state index in [0.717, 1.165) is 18.4 Å². The number of carboxylic acids is 1. The van der Waals surface area contributed by atoms with E-state index < -0.39 is 11.5 Å². The third kappa shape index (κ3) is 4.64. The molecule has 0 amide bonds. The highest BCUT2D eigenvalue weighted by atomic mass is 16.4. The molecule has 0 aliphatic rings. The van der Waals surface area contributed by atoms with Crippen molar-refractivity contribution in [3.63, 3.8) is 0 Å². The highest BCUT2D eigenvalue weighted by molar-refractivity contribution is 5.78. The van der Waals surface area contributed by atoms with Gasteiger partial charge in [0, 0.05) is 6.04 Å². The Bertz CT molecular complexity index is 416. The number of benzene rings is 1. The van der Waals surface area contributed by atoms with Crippen molar-refractivity contribution in [2.45, 2.75) is 58.5 Å². The molecule has 0 spiro atoms. The summed E-state index contributed by atoms with van der Waals surface area (Å²) < 4.78 is 0. The van der Waals surface area contributed by atoms with Gasteiger partial charge in [0.25, 0.3) is 0 Å². The summed E-state index contributed by atoms with van der Waals surface area (Å²) in [6.45, 7) is 8.13. The number of rotatable bonds is 8. The van der Waals surface area contributed by atoms with Gasteiger partial charge < -0.3 is 5.11 Å². The second-order valence-corrected chi connectivity index (χ2v) is 6.12. The van der Waals surface area contributed by atoms with Gasteiger partial charge in [0.1, 0.15) is 5.54 Å². The quantitative estimate of drug-likeness (QED) is 0.755. The van der Waals surface area contributed by atoms with E-state index in [1.165, 1.54) is 0 Å². The molecule has 0 bridgehead atoms. The lowest BCUT2D eigenvalue weighted by Gasteiger charge is -2.32. The van der Waals surface area contributed by atoms with Crippen molar-refractivity contribution in [1.29, 1.82) is 0 Å². The van der Waals surface area contributed by atoms with E-state index in [4.69, 9.17) is 0 Å². The number of hydrogen-bond donors (Lipinski definition) is 2. The Morgan fingerprint density at radius 2 is 1.90 bits per heavy atom. The molecule has 2 N–H and O–H groups in total. The summed E-state index contributed by atoms with van der Waals surface area (Å²) >= 11 is 0. The molecule has 2 unspecified atom stereocenters. The fourth-order valence-electron chi connectivity index (χ4n) is 2.56. The van der Waals surface area contributed by atoms with Crippen molar-refractivity contribution in [1.82, 2.24) is 5.32 Å². The monoisotopic (exact) mass is 277 g/mol. The highest BCUT2D eigenvalue weighted by Crippen LogP contribution is 2.26. The van der Waals surface area contributed by atoms with Crippen LogP contribution in [0.3, 0.4) is 0 Å². The third-order valence-corrected chi connectivity index (χ3v) is 3.62. The minimum Gasteiger partial charge on any atom is -0.480 e. The Labute approximate surface area is 122 Å². The Balaban J connectivity index is 2.97. The molecule has 2 atom stereocenters. The van der Waals surface area contributed by atoms with Crippen LogP contribution >= 0.6 is 0 Å². The van der Waals surface area contributed by atoms with Crippen LogP contribution in [0, 0.1) is 5.92 Å². The molecule has 3 nitrogen and oxygen atoms in total. The first-order valence-corrected chi connectivity index (χ1v) is 7.45. The van der Waals surface area contributed by atoms with Gasteiger partial charge in [-0.2, -0.15) is 0 Å². The minimum absolute atomic E-state index is 0.0730. The topological polar surface area (TPSA) is 49.3 Å².